The smallest absolute Gasteiger partial charge is 0.251 e. The number of benzene rings is 2. The predicted molar refractivity (Wildman–Crippen MR) is 123 cm³/mol. The van der Waals surface area contributed by atoms with Gasteiger partial charge in [0.25, 0.3) is 5.91 Å². The van der Waals surface area contributed by atoms with Crippen molar-refractivity contribution in [3.8, 4) is 11.5 Å². The molecule has 168 valence electrons. The van der Waals surface area contributed by atoms with E-state index in [9.17, 15) is 9.18 Å². The second-order valence-electron chi connectivity index (χ2n) is 8.76. The van der Waals surface area contributed by atoms with Gasteiger partial charge in [-0.25, -0.2) is 4.39 Å². The van der Waals surface area contributed by atoms with Crippen LogP contribution in [0.15, 0.2) is 65.5 Å². The van der Waals surface area contributed by atoms with Crippen LogP contribution >= 0.6 is 0 Å². The molecule has 0 saturated heterocycles. The summed E-state index contributed by atoms with van der Waals surface area (Å²) >= 11 is 0. The Bertz CT molecular complexity index is 1250. The van der Waals surface area contributed by atoms with Crippen molar-refractivity contribution in [1.82, 2.24) is 20.5 Å². The average molecular weight is 445 g/mol. The molecule has 0 spiro atoms. The highest BCUT2D eigenvalue weighted by Crippen LogP contribution is 2.39. The molecule has 0 unspecified atom stereocenters. The maximum Gasteiger partial charge on any atom is 0.251 e. The zero-order valence-corrected chi connectivity index (χ0v) is 18.4. The topological polar surface area (TPSA) is 80.9 Å². The molecule has 1 fully saturated rings. The van der Waals surface area contributed by atoms with E-state index in [1.54, 1.807) is 36.4 Å². The summed E-state index contributed by atoms with van der Waals surface area (Å²) in [4.78, 5) is 17.1. The Hall–Kier alpha value is -3.61. The molecule has 1 saturated carbocycles. The lowest BCUT2D eigenvalue weighted by Gasteiger charge is -2.33. The van der Waals surface area contributed by atoms with Gasteiger partial charge in [0.05, 0.1) is 5.52 Å². The zero-order valence-electron chi connectivity index (χ0n) is 18.4. The number of hydrogen-bond acceptors (Lipinski definition) is 5. The van der Waals surface area contributed by atoms with Crippen LogP contribution < -0.4 is 5.32 Å². The van der Waals surface area contributed by atoms with E-state index in [1.807, 2.05) is 12.3 Å². The summed E-state index contributed by atoms with van der Waals surface area (Å²) in [7, 11) is 0. The van der Waals surface area contributed by atoms with E-state index >= 15 is 0 Å². The van der Waals surface area contributed by atoms with E-state index in [2.05, 4.69) is 27.4 Å². The van der Waals surface area contributed by atoms with E-state index < -0.39 is 0 Å². The molecule has 1 atom stereocenters. The molecule has 1 N–H and O–H groups in total. The summed E-state index contributed by atoms with van der Waals surface area (Å²) in [6.07, 6.45) is 7.15. The van der Waals surface area contributed by atoms with Crippen LogP contribution in [0.25, 0.3) is 22.4 Å². The molecule has 2 aromatic carbocycles. The lowest BCUT2D eigenvalue weighted by Crippen LogP contribution is -2.39. The molecule has 1 amide bonds. The van der Waals surface area contributed by atoms with Crippen molar-refractivity contribution in [1.29, 1.82) is 0 Å². The van der Waals surface area contributed by atoms with Gasteiger partial charge >= 0.3 is 0 Å². The SMILES string of the molecule is C[C@@H](NC(=O)c1ccc(-c2nnco2)cc1)[C@H]1CC[C@H](c2ccnc3ccc(F)cc32)CC1. The van der Waals surface area contributed by atoms with Gasteiger partial charge in [-0.15, -0.1) is 10.2 Å². The number of nitrogens with zero attached hydrogens (tertiary/aromatic N) is 3. The highest BCUT2D eigenvalue weighted by Gasteiger charge is 2.28. The largest absolute Gasteiger partial charge is 0.423 e. The molecular formula is C26H25FN4O2. The van der Waals surface area contributed by atoms with Crippen LogP contribution in [0.3, 0.4) is 0 Å². The van der Waals surface area contributed by atoms with Crippen LogP contribution in [0.2, 0.25) is 0 Å². The first-order chi connectivity index (χ1) is 16.1. The number of hydrogen-bond donors (Lipinski definition) is 1. The summed E-state index contributed by atoms with van der Waals surface area (Å²) < 4.78 is 19.0. The van der Waals surface area contributed by atoms with Crippen molar-refractivity contribution >= 4 is 16.8 Å². The number of pyridine rings is 1. The van der Waals surface area contributed by atoms with Crippen LogP contribution in [0.4, 0.5) is 4.39 Å². The van der Waals surface area contributed by atoms with E-state index in [4.69, 9.17) is 4.42 Å². The predicted octanol–water partition coefficient (Wildman–Crippen LogP) is 5.52. The number of amides is 1. The summed E-state index contributed by atoms with van der Waals surface area (Å²) in [6.45, 7) is 2.08. The van der Waals surface area contributed by atoms with E-state index in [1.165, 1.54) is 18.0 Å². The van der Waals surface area contributed by atoms with Crippen LogP contribution in [0.1, 0.15) is 54.4 Å². The Morgan fingerprint density at radius 3 is 2.61 bits per heavy atom. The van der Waals surface area contributed by atoms with Gasteiger partial charge in [0.1, 0.15) is 5.82 Å². The van der Waals surface area contributed by atoms with Gasteiger partial charge < -0.3 is 9.73 Å². The minimum Gasteiger partial charge on any atom is -0.423 e. The molecule has 0 radical (unpaired) electrons. The zero-order chi connectivity index (χ0) is 22.8. The first kappa shape index (κ1) is 21.2. The highest BCUT2D eigenvalue weighted by molar-refractivity contribution is 5.94. The third-order valence-electron chi connectivity index (χ3n) is 6.77. The quantitative estimate of drug-likeness (QED) is 0.439. The summed E-state index contributed by atoms with van der Waals surface area (Å²) in [5.74, 6) is 0.905. The normalized spacial score (nSPS) is 19.3. The molecule has 5 rings (SSSR count). The highest BCUT2D eigenvalue weighted by atomic mass is 19.1. The van der Waals surface area contributed by atoms with Crippen LogP contribution in [0.5, 0.6) is 0 Å². The van der Waals surface area contributed by atoms with E-state index in [0.717, 1.165) is 42.1 Å². The van der Waals surface area contributed by atoms with Crippen molar-refractivity contribution in [3.05, 3.63) is 78.1 Å². The number of halogens is 1. The van der Waals surface area contributed by atoms with Crippen molar-refractivity contribution < 1.29 is 13.6 Å². The van der Waals surface area contributed by atoms with Crippen molar-refractivity contribution in [2.24, 2.45) is 5.92 Å². The van der Waals surface area contributed by atoms with Gasteiger partial charge in [-0.1, -0.05) is 0 Å². The second kappa shape index (κ2) is 9.10. The lowest BCUT2D eigenvalue weighted by atomic mass is 9.75. The minimum atomic E-state index is -0.230. The number of fused-ring (bicyclic) bond motifs is 1. The van der Waals surface area contributed by atoms with Crippen molar-refractivity contribution in [2.45, 2.75) is 44.6 Å². The minimum absolute atomic E-state index is 0.0701. The monoisotopic (exact) mass is 444 g/mol. The third-order valence-corrected chi connectivity index (χ3v) is 6.77. The van der Waals surface area contributed by atoms with Gasteiger partial charge in [0.15, 0.2) is 0 Å². The first-order valence-electron chi connectivity index (χ1n) is 11.3. The maximum atomic E-state index is 13.8. The molecule has 0 aliphatic heterocycles. The average Bonchev–Trinajstić information content (AvgIpc) is 3.39. The molecule has 2 heterocycles. The fraction of sp³-hybridized carbons (Fsp3) is 0.308. The van der Waals surface area contributed by atoms with Crippen LogP contribution in [-0.2, 0) is 0 Å². The number of carbonyl (C=O) groups is 1. The number of nitrogens with one attached hydrogen (secondary N) is 1. The molecule has 0 bridgehead atoms. The standard InChI is InChI=1S/C26H25FN4O2/c1-16(30-25(32)19-6-8-20(9-7-19)26-31-29-15-33-26)17-2-4-18(5-3-17)22-12-13-28-24-11-10-21(27)14-23(22)24/h6-18H,2-5H2,1H3,(H,30,32)/t16-,17-,18-/m1/s1. The fourth-order valence-electron chi connectivity index (χ4n) is 4.90. The molecule has 1 aliphatic rings. The van der Waals surface area contributed by atoms with E-state index in [-0.39, 0.29) is 17.8 Å². The molecule has 33 heavy (non-hydrogen) atoms. The van der Waals surface area contributed by atoms with Gasteiger partial charge in [-0.2, -0.15) is 0 Å². The fourth-order valence-corrected chi connectivity index (χ4v) is 4.90. The molecule has 1 aliphatic carbocycles. The van der Waals surface area contributed by atoms with E-state index in [0.29, 0.717) is 23.3 Å². The molecule has 2 aromatic heterocycles. The van der Waals surface area contributed by atoms with Crippen LogP contribution in [0, 0.1) is 11.7 Å². The Morgan fingerprint density at radius 1 is 1.09 bits per heavy atom. The number of aromatic nitrogens is 3. The molecule has 6 nitrogen and oxygen atoms in total. The van der Waals surface area contributed by atoms with Crippen molar-refractivity contribution in [2.75, 3.05) is 0 Å². The number of carbonyl (C=O) groups excluding carboxylic acids is 1. The lowest BCUT2D eigenvalue weighted by molar-refractivity contribution is 0.0918. The van der Waals surface area contributed by atoms with Crippen molar-refractivity contribution in [3.63, 3.8) is 0 Å². The van der Waals surface area contributed by atoms with Crippen LogP contribution in [-0.4, -0.2) is 27.1 Å². The van der Waals surface area contributed by atoms with Gasteiger partial charge in [0, 0.05) is 28.8 Å². The summed E-state index contributed by atoms with van der Waals surface area (Å²) in [5, 5.41) is 11.6. The van der Waals surface area contributed by atoms with Gasteiger partial charge in [-0.05, 0) is 98.5 Å². The maximum absolute atomic E-state index is 13.8. The Labute approximate surface area is 191 Å². The summed E-state index contributed by atoms with van der Waals surface area (Å²) in [5.41, 5.74) is 3.39. The second-order valence-corrected chi connectivity index (χ2v) is 8.76. The Balaban J connectivity index is 1.20. The molecular weight excluding hydrogens is 419 g/mol. The number of rotatable bonds is 5. The molecule has 7 heteroatoms. The molecule has 4 aromatic rings. The van der Waals surface area contributed by atoms with Gasteiger partial charge in [-0.3, -0.25) is 9.78 Å². The Morgan fingerprint density at radius 2 is 1.88 bits per heavy atom. The van der Waals surface area contributed by atoms with Gasteiger partial charge in [0.2, 0.25) is 12.3 Å². The Kier molecular flexibility index (Phi) is 5.86. The summed E-state index contributed by atoms with van der Waals surface area (Å²) in [6, 6.07) is 14.0. The third kappa shape index (κ3) is 4.49. The first-order valence-corrected chi connectivity index (χ1v) is 11.3.